The van der Waals surface area contributed by atoms with Crippen molar-refractivity contribution in [2.24, 2.45) is 0 Å². The van der Waals surface area contributed by atoms with E-state index in [1.54, 1.807) is 6.07 Å². The lowest BCUT2D eigenvalue weighted by molar-refractivity contribution is -0.384. The zero-order valence-electron chi connectivity index (χ0n) is 35.3. The Morgan fingerprint density at radius 1 is 0.348 bits per heavy atom. The molecule has 0 N–H and O–H groups in total. The third-order valence-corrected chi connectivity index (χ3v) is 12.4. The topological polar surface area (TPSA) is 98.5 Å². The van der Waals surface area contributed by atoms with Crippen LogP contribution < -0.4 is 22.6 Å². The monoisotopic (exact) mass is 905 g/mol. The molecule has 0 heterocycles. The van der Waals surface area contributed by atoms with E-state index in [0.717, 1.165) is 44.5 Å². The molecule has 0 atom stereocenters. The number of para-hydroxylation sites is 4. The quantitative estimate of drug-likeness (QED) is 0.0477. The van der Waals surface area contributed by atoms with Crippen LogP contribution in [-0.2, 0) is 11.1 Å². The van der Waals surface area contributed by atoms with E-state index in [1.807, 2.05) is 218 Å². The van der Waals surface area contributed by atoms with Crippen molar-refractivity contribution in [2.45, 2.75) is 6.61 Å². The molecule has 0 unspecified atom stereocenters. The van der Waals surface area contributed by atoms with Crippen LogP contribution in [0.15, 0.2) is 237 Å². The smallest absolute Gasteiger partial charge is 0.417 e. The predicted octanol–water partition coefficient (Wildman–Crippen LogP) is 15.9. The zero-order chi connectivity index (χ0) is 44.9. The van der Waals surface area contributed by atoms with Gasteiger partial charge in [-0.25, -0.2) is 0 Å². The van der Waals surface area contributed by atoms with Gasteiger partial charge in [0.05, 0.1) is 17.6 Å². The van der Waals surface area contributed by atoms with Crippen molar-refractivity contribution in [2.75, 3.05) is 0 Å². The van der Waals surface area contributed by atoms with Gasteiger partial charge in [0.25, 0.3) is 5.69 Å². The van der Waals surface area contributed by atoms with Crippen molar-refractivity contribution >= 4 is 22.9 Å². The second kappa shape index (κ2) is 21.3. The second-order valence-corrected chi connectivity index (χ2v) is 16.7. The van der Waals surface area contributed by atoms with Gasteiger partial charge in [0, 0.05) is 33.9 Å². The van der Waals surface area contributed by atoms with E-state index in [2.05, 4.69) is 0 Å². The molecule has 0 saturated carbocycles. The molecule has 9 aromatic carbocycles. The minimum absolute atomic E-state index is 0.119. The lowest BCUT2D eigenvalue weighted by Gasteiger charge is -2.23. The van der Waals surface area contributed by atoms with Gasteiger partial charge in [0.15, 0.2) is 0 Å². The summed E-state index contributed by atoms with van der Waals surface area (Å²) in [4.78, 5) is 11.9. The Hall–Kier alpha value is -7.80. The van der Waals surface area contributed by atoms with Crippen molar-refractivity contribution < 1.29 is 32.1 Å². The number of nitrogens with zero attached hydrogens (tertiary/aromatic N) is 1. The van der Waals surface area contributed by atoms with Gasteiger partial charge in [-0.05, 0) is 52.6 Å². The number of nitro benzene ring substituents is 1. The maximum Gasteiger partial charge on any atom is 0.530 e. The highest BCUT2D eigenvalue weighted by atomic mass is 31.2. The van der Waals surface area contributed by atoms with Gasteiger partial charge in [-0.3, -0.25) is 14.6 Å². The molecule has 0 bridgehead atoms. The SMILES string of the molecule is O=[N+]([O-])c1ccc(COP(Oc2ccccc2-c2ccccc2)Oc2ccccc2-c2ccccc2)c(OP(Oc2ccccc2-c2ccccc2)Oc2ccccc2-c2ccccc2)c1. The average Bonchev–Trinajstić information content (AvgIpc) is 3.37. The zero-order valence-corrected chi connectivity index (χ0v) is 37.1. The number of hydrogen-bond acceptors (Lipinski definition) is 8. The Balaban J connectivity index is 1.08. The number of nitro groups is 1. The molecule has 0 aromatic heterocycles. The van der Waals surface area contributed by atoms with E-state index in [-0.39, 0.29) is 18.0 Å². The number of hydrogen-bond donors (Lipinski definition) is 0. The summed E-state index contributed by atoms with van der Waals surface area (Å²) < 4.78 is 40.2. The summed E-state index contributed by atoms with van der Waals surface area (Å²) in [6.45, 7) is -0.135. The van der Waals surface area contributed by atoms with Gasteiger partial charge in [0.2, 0.25) is 0 Å². The van der Waals surface area contributed by atoms with Crippen LogP contribution in [0.2, 0.25) is 0 Å². The molecule has 9 rings (SSSR count). The molecule has 0 saturated heterocycles. The van der Waals surface area contributed by atoms with Crippen LogP contribution in [0.5, 0.6) is 28.7 Å². The first kappa shape index (κ1) is 43.5. The summed E-state index contributed by atoms with van der Waals surface area (Å²) in [5, 5.41) is 12.3. The highest BCUT2D eigenvalue weighted by molar-refractivity contribution is 7.43. The van der Waals surface area contributed by atoms with E-state index >= 15 is 0 Å². The Kier molecular flexibility index (Phi) is 14.0. The van der Waals surface area contributed by atoms with E-state index < -0.39 is 22.1 Å². The van der Waals surface area contributed by atoms with Crippen LogP contribution >= 0.6 is 17.2 Å². The van der Waals surface area contributed by atoms with Crippen LogP contribution in [0, 0.1) is 10.1 Å². The molecule has 9 nitrogen and oxygen atoms in total. The van der Waals surface area contributed by atoms with E-state index in [9.17, 15) is 10.1 Å². The number of rotatable bonds is 18. The fourth-order valence-corrected chi connectivity index (χ4v) is 9.23. The van der Waals surface area contributed by atoms with Crippen molar-refractivity contribution in [1.29, 1.82) is 0 Å². The van der Waals surface area contributed by atoms with E-state index in [0.29, 0.717) is 28.6 Å². The van der Waals surface area contributed by atoms with Gasteiger partial charge in [-0.2, -0.15) is 0 Å². The Bertz CT molecular complexity index is 2850. The first-order valence-electron chi connectivity index (χ1n) is 21.0. The molecular formula is C55H41NO8P2. The molecule has 0 radical (unpaired) electrons. The Labute approximate surface area is 385 Å². The molecule has 0 aliphatic heterocycles. The van der Waals surface area contributed by atoms with Gasteiger partial charge < -0.3 is 22.6 Å². The summed E-state index contributed by atoms with van der Waals surface area (Å²) in [5.74, 6) is 2.21. The number of non-ortho nitro benzene ring substituents is 1. The van der Waals surface area contributed by atoms with E-state index in [4.69, 9.17) is 27.1 Å². The summed E-state index contributed by atoms with van der Waals surface area (Å²) in [7, 11) is -4.54. The van der Waals surface area contributed by atoms with Crippen LogP contribution in [-0.4, -0.2) is 4.92 Å². The largest absolute Gasteiger partial charge is 0.530 e. The molecule has 9 aromatic rings. The third kappa shape index (κ3) is 10.8. The highest BCUT2D eigenvalue weighted by Gasteiger charge is 2.28. The van der Waals surface area contributed by atoms with Gasteiger partial charge in [0.1, 0.15) is 28.7 Å². The van der Waals surface area contributed by atoms with Gasteiger partial charge in [-0.15, -0.1) is 0 Å². The second-order valence-electron chi connectivity index (χ2n) is 14.7. The number of benzene rings is 9. The lowest BCUT2D eigenvalue weighted by Crippen LogP contribution is -2.07. The van der Waals surface area contributed by atoms with Crippen LogP contribution in [0.4, 0.5) is 5.69 Å². The normalized spacial score (nSPS) is 10.9. The molecular weight excluding hydrogens is 865 g/mol. The van der Waals surface area contributed by atoms with E-state index in [1.165, 1.54) is 12.1 Å². The molecule has 324 valence electrons. The molecule has 0 amide bonds. The maximum absolute atomic E-state index is 12.3. The average molecular weight is 906 g/mol. The van der Waals surface area contributed by atoms with Crippen molar-refractivity contribution in [3.8, 4) is 73.3 Å². The summed E-state index contributed by atoms with van der Waals surface area (Å²) in [5.41, 5.74) is 7.33. The molecule has 0 aliphatic carbocycles. The molecule has 66 heavy (non-hydrogen) atoms. The van der Waals surface area contributed by atoms with Crippen LogP contribution in [0.3, 0.4) is 0 Å². The minimum Gasteiger partial charge on any atom is -0.417 e. The predicted molar refractivity (Wildman–Crippen MR) is 262 cm³/mol. The summed E-state index contributed by atoms with van der Waals surface area (Å²) in [6.07, 6.45) is 0. The molecule has 0 spiro atoms. The lowest BCUT2D eigenvalue weighted by atomic mass is 10.1. The maximum atomic E-state index is 12.3. The Morgan fingerprint density at radius 3 is 1.00 bits per heavy atom. The Morgan fingerprint density at radius 2 is 0.652 bits per heavy atom. The minimum atomic E-state index is -2.35. The first-order chi connectivity index (χ1) is 32.6. The first-order valence-corrected chi connectivity index (χ1v) is 23.2. The summed E-state index contributed by atoms with van der Waals surface area (Å²) in [6, 6.07) is 74.4. The van der Waals surface area contributed by atoms with Gasteiger partial charge in [-0.1, -0.05) is 194 Å². The van der Waals surface area contributed by atoms with Crippen molar-refractivity contribution in [3.63, 3.8) is 0 Å². The highest BCUT2D eigenvalue weighted by Crippen LogP contribution is 2.51. The molecule has 0 aliphatic rings. The van der Waals surface area contributed by atoms with Crippen LogP contribution in [0.25, 0.3) is 44.5 Å². The molecule has 0 fully saturated rings. The van der Waals surface area contributed by atoms with Gasteiger partial charge >= 0.3 is 17.2 Å². The van der Waals surface area contributed by atoms with Crippen molar-refractivity contribution in [1.82, 2.24) is 0 Å². The van der Waals surface area contributed by atoms with Crippen molar-refractivity contribution in [3.05, 3.63) is 252 Å². The third-order valence-electron chi connectivity index (χ3n) is 10.3. The fraction of sp³-hybridized carbons (Fsp3) is 0.0182. The summed E-state index contributed by atoms with van der Waals surface area (Å²) >= 11 is 0. The fourth-order valence-electron chi connectivity index (χ4n) is 7.12. The molecule has 11 heteroatoms. The standard InChI is InChI=1S/C55H41NO8P2/c57-56(58)46-38-37-45(40-59-65(60-51-33-17-13-29-47(51)41-21-5-1-6-22-41)61-52-34-18-14-30-48(52)42-23-7-2-8-24-42)55(39-46)64-66(62-53-35-19-15-31-49(53)43-25-9-3-10-26-43)63-54-36-20-16-32-50(54)44-27-11-4-12-28-44/h1-39H,40H2. The van der Waals surface area contributed by atoms with Crippen LogP contribution in [0.1, 0.15) is 5.56 Å².